The van der Waals surface area contributed by atoms with Crippen molar-refractivity contribution in [2.24, 2.45) is 5.92 Å². The minimum Gasteiger partial charge on any atom is -0.481 e. The molecule has 1 fully saturated rings. The summed E-state index contributed by atoms with van der Waals surface area (Å²) in [6, 6.07) is 5.75. The average molecular weight is 255 g/mol. The summed E-state index contributed by atoms with van der Waals surface area (Å²) in [7, 11) is 1.63. The highest BCUT2D eigenvalue weighted by molar-refractivity contribution is 6.20. The minimum absolute atomic E-state index is 0.355. The number of pyridine rings is 1. The first-order valence-electron chi connectivity index (χ1n) is 6.17. The van der Waals surface area contributed by atoms with Crippen LogP contribution >= 0.6 is 11.6 Å². The SMILES string of the molecule is COc1cccc(NCC2CCCC(Cl)C2)n1. The molecule has 0 aromatic carbocycles. The molecule has 1 N–H and O–H groups in total. The van der Waals surface area contributed by atoms with Gasteiger partial charge in [0.25, 0.3) is 0 Å². The van der Waals surface area contributed by atoms with E-state index in [0.717, 1.165) is 25.2 Å². The van der Waals surface area contributed by atoms with Gasteiger partial charge >= 0.3 is 0 Å². The lowest BCUT2D eigenvalue weighted by Gasteiger charge is -2.25. The molecule has 94 valence electrons. The number of halogens is 1. The van der Waals surface area contributed by atoms with Crippen molar-refractivity contribution >= 4 is 17.4 Å². The molecule has 4 heteroatoms. The number of nitrogens with zero attached hydrogens (tertiary/aromatic N) is 1. The predicted octanol–water partition coefficient (Wildman–Crippen LogP) is 3.30. The predicted molar refractivity (Wildman–Crippen MR) is 70.9 cm³/mol. The zero-order chi connectivity index (χ0) is 12.1. The number of alkyl halides is 1. The van der Waals surface area contributed by atoms with Crippen LogP contribution in [0.1, 0.15) is 25.7 Å². The van der Waals surface area contributed by atoms with Crippen molar-refractivity contribution in [3.8, 4) is 5.88 Å². The Morgan fingerprint density at radius 3 is 3.12 bits per heavy atom. The summed E-state index contributed by atoms with van der Waals surface area (Å²) in [6.45, 7) is 0.948. The molecule has 1 aromatic heterocycles. The Labute approximate surface area is 108 Å². The fourth-order valence-corrected chi connectivity index (χ4v) is 2.69. The van der Waals surface area contributed by atoms with E-state index in [1.54, 1.807) is 7.11 Å². The van der Waals surface area contributed by atoms with Gasteiger partial charge in [-0.3, -0.25) is 0 Å². The molecule has 0 spiro atoms. The number of rotatable bonds is 4. The van der Waals surface area contributed by atoms with Gasteiger partial charge in [-0.05, 0) is 31.2 Å². The van der Waals surface area contributed by atoms with Gasteiger partial charge in [0.2, 0.25) is 5.88 Å². The number of nitrogens with one attached hydrogen (secondary N) is 1. The number of methoxy groups -OCH3 is 1. The molecule has 1 aromatic rings. The molecule has 2 rings (SSSR count). The van der Waals surface area contributed by atoms with Gasteiger partial charge in [-0.15, -0.1) is 11.6 Å². The monoisotopic (exact) mass is 254 g/mol. The Bertz CT molecular complexity index is 359. The third-order valence-corrected chi connectivity index (χ3v) is 3.62. The van der Waals surface area contributed by atoms with E-state index < -0.39 is 0 Å². The lowest BCUT2D eigenvalue weighted by atomic mass is 9.89. The molecule has 0 amide bonds. The Hall–Kier alpha value is -0.960. The average Bonchev–Trinajstić information content (AvgIpc) is 2.37. The van der Waals surface area contributed by atoms with Crippen LogP contribution in [0, 0.1) is 5.92 Å². The van der Waals surface area contributed by atoms with Gasteiger partial charge in [-0.2, -0.15) is 4.98 Å². The van der Waals surface area contributed by atoms with Crippen LogP contribution in [0.25, 0.3) is 0 Å². The van der Waals surface area contributed by atoms with E-state index in [0.29, 0.717) is 17.2 Å². The number of hydrogen-bond donors (Lipinski definition) is 1. The number of hydrogen-bond acceptors (Lipinski definition) is 3. The van der Waals surface area contributed by atoms with Crippen LogP contribution in [0.3, 0.4) is 0 Å². The molecular formula is C13H19ClN2O. The Balaban J connectivity index is 1.84. The molecule has 0 bridgehead atoms. The van der Waals surface area contributed by atoms with E-state index in [4.69, 9.17) is 16.3 Å². The molecule has 2 unspecified atom stereocenters. The van der Waals surface area contributed by atoms with E-state index in [2.05, 4.69) is 10.3 Å². The van der Waals surface area contributed by atoms with Crippen LogP contribution in [-0.4, -0.2) is 24.0 Å². The first-order valence-corrected chi connectivity index (χ1v) is 6.60. The van der Waals surface area contributed by atoms with Crippen LogP contribution < -0.4 is 10.1 Å². The third kappa shape index (κ3) is 3.77. The largest absolute Gasteiger partial charge is 0.481 e. The van der Waals surface area contributed by atoms with E-state index in [1.807, 2.05) is 18.2 Å². The smallest absolute Gasteiger partial charge is 0.214 e. The lowest BCUT2D eigenvalue weighted by molar-refractivity contribution is 0.377. The fraction of sp³-hybridized carbons (Fsp3) is 0.615. The molecular weight excluding hydrogens is 236 g/mol. The van der Waals surface area contributed by atoms with Crippen LogP contribution in [0.5, 0.6) is 5.88 Å². The first-order chi connectivity index (χ1) is 8.28. The summed E-state index contributed by atoms with van der Waals surface area (Å²) >= 11 is 6.18. The molecule has 1 aliphatic carbocycles. The zero-order valence-corrected chi connectivity index (χ0v) is 10.9. The van der Waals surface area contributed by atoms with Crippen molar-refractivity contribution in [1.82, 2.24) is 4.98 Å². The molecule has 0 radical (unpaired) electrons. The van der Waals surface area contributed by atoms with Crippen LogP contribution in [-0.2, 0) is 0 Å². The maximum atomic E-state index is 6.18. The highest BCUT2D eigenvalue weighted by Crippen LogP contribution is 2.27. The highest BCUT2D eigenvalue weighted by atomic mass is 35.5. The minimum atomic E-state index is 0.355. The van der Waals surface area contributed by atoms with Crippen molar-refractivity contribution in [2.45, 2.75) is 31.1 Å². The molecule has 1 saturated carbocycles. The second kappa shape index (κ2) is 6.10. The van der Waals surface area contributed by atoms with Crippen molar-refractivity contribution in [1.29, 1.82) is 0 Å². The maximum Gasteiger partial charge on any atom is 0.214 e. The van der Waals surface area contributed by atoms with E-state index in [-0.39, 0.29) is 0 Å². The van der Waals surface area contributed by atoms with E-state index in [9.17, 15) is 0 Å². The molecule has 3 nitrogen and oxygen atoms in total. The van der Waals surface area contributed by atoms with Crippen molar-refractivity contribution in [2.75, 3.05) is 19.0 Å². The summed E-state index contributed by atoms with van der Waals surface area (Å²) < 4.78 is 5.09. The number of ether oxygens (including phenoxy) is 1. The van der Waals surface area contributed by atoms with Crippen molar-refractivity contribution in [3.63, 3.8) is 0 Å². The van der Waals surface area contributed by atoms with Gasteiger partial charge < -0.3 is 10.1 Å². The topological polar surface area (TPSA) is 34.1 Å². The van der Waals surface area contributed by atoms with Gasteiger partial charge in [-0.1, -0.05) is 12.5 Å². The van der Waals surface area contributed by atoms with Crippen LogP contribution in [0.4, 0.5) is 5.82 Å². The quantitative estimate of drug-likeness (QED) is 0.838. The van der Waals surface area contributed by atoms with Gasteiger partial charge in [-0.25, -0.2) is 0 Å². The maximum absolute atomic E-state index is 6.18. The van der Waals surface area contributed by atoms with Gasteiger partial charge in [0.15, 0.2) is 0 Å². The van der Waals surface area contributed by atoms with Crippen LogP contribution in [0.2, 0.25) is 0 Å². The normalized spacial score (nSPS) is 24.4. The third-order valence-electron chi connectivity index (χ3n) is 3.22. The van der Waals surface area contributed by atoms with Gasteiger partial charge in [0, 0.05) is 18.0 Å². The van der Waals surface area contributed by atoms with Gasteiger partial charge in [0.05, 0.1) is 7.11 Å². The Kier molecular flexibility index (Phi) is 4.49. The highest BCUT2D eigenvalue weighted by Gasteiger charge is 2.19. The molecule has 1 heterocycles. The van der Waals surface area contributed by atoms with E-state index in [1.165, 1.54) is 12.8 Å². The van der Waals surface area contributed by atoms with Gasteiger partial charge in [0.1, 0.15) is 5.82 Å². The summed E-state index contributed by atoms with van der Waals surface area (Å²) in [5.74, 6) is 2.19. The summed E-state index contributed by atoms with van der Waals surface area (Å²) in [6.07, 6.45) is 4.78. The molecule has 0 aliphatic heterocycles. The first kappa shape index (κ1) is 12.5. The molecule has 0 saturated heterocycles. The van der Waals surface area contributed by atoms with Crippen molar-refractivity contribution in [3.05, 3.63) is 18.2 Å². The summed E-state index contributed by atoms with van der Waals surface area (Å²) in [5, 5.41) is 3.72. The van der Waals surface area contributed by atoms with Crippen LogP contribution in [0.15, 0.2) is 18.2 Å². The summed E-state index contributed by atoms with van der Waals surface area (Å²) in [4.78, 5) is 4.33. The van der Waals surface area contributed by atoms with Crippen molar-refractivity contribution < 1.29 is 4.74 Å². The fourth-order valence-electron chi connectivity index (χ4n) is 2.29. The Morgan fingerprint density at radius 1 is 1.47 bits per heavy atom. The summed E-state index contributed by atoms with van der Waals surface area (Å²) in [5.41, 5.74) is 0. The molecule has 17 heavy (non-hydrogen) atoms. The second-order valence-electron chi connectivity index (χ2n) is 4.58. The Morgan fingerprint density at radius 2 is 2.35 bits per heavy atom. The zero-order valence-electron chi connectivity index (χ0n) is 10.2. The molecule has 1 aliphatic rings. The number of anilines is 1. The lowest BCUT2D eigenvalue weighted by Crippen LogP contribution is -2.22. The second-order valence-corrected chi connectivity index (χ2v) is 5.19. The van der Waals surface area contributed by atoms with E-state index >= 15 is 0 Å². The standard InChI is InChI=1S/C13H19ClN2O/c1-17-13-7-3-6-12(16-13)15-9-10-4-2-5-11(14)8-10/h3,6-7,10-11H,2,4-5,8-9H2,1H3,(H,15,16). The molecule has 2 atom stereocenters. The number of aromatic nitrogens is 1.